The van der Waals surface area contributed by atoms with Gasteiger partial charge in [-0.2, -0.15) is 0 Å². The molecular formula is C14H23N3O3. The summed E-state index contributed by atoms with van der Waals surface area (Å²) in [7, 11) is 1.56. The maximum atomic E-state index is 12.0. The number of hydrogen-bond acceptors (Lipinski definition) is 5. The fraction of sp³-hybridized carbons (Fsp3) is 0.500. The zero-order chi connectivity index (χ0) is 15.0. The Kier molecular flexibility index (Phi) is 6.83. The number of carbonyl (C=O) groups excluding carboxylic acids is 1. The lowest BCUT2D eigenvalue weighted by atomic mass is 10.2. The SMILES string of the molecule is CCCN(CCO)CC(=O)Nc1ccc(OC)cc1N. The molecule has 0 heterocycles. The molecular weight excluding hydrogens is 258 g/mol. The average molecular weight is 281 g/mol. The largest absolute Gasteiger partial charge is 0.497 e. The number of ether oxygens (including phenoxy) is 1. The highest BCUT2D eigenvalue weighted by molar-refractivity contribution is 5.95. The van der Waals surface area contributed by atoms with Crippen molar-refractivity contribution in [1.82, 2.24) is 4.90 Å². The van der Waals surface area contributed by atoms with Crippen LogP contribution in [-0.2, 0) is 4.79 Å². The summed E-state index contributed by atoms with van der Waals surface area (Å²) < 4.78 is 5.05. The number of aliphatic hydroxyl groups is 1. The Balaban J connectivity index is 2.61. The van der Waals surface area contributed by atoms with Gasteiger partial charge in [0.15, 0.2) is 0 Å². The smallest absolute Gasteiger partial charge is 0.238 e. The standard InChI is InChI=1S/C14H23N3O3/c1-3-6-17(7-8-18)10-14(19)16-13-5-4-11(20-2)9-12(13)15/h4-5,9,18H,3,6-8,10,15H2,1-2H3,(H,16,19). The topological polar surface area (TPSA) is 87.8 Å². The van der Waals surface area contributed by atoms with E-state index < -0.39 is 0 Å². The number of nitrogen functional groups attached to an aromatic ring is 1. The van der Waals surface area contributed by atoms with E-state index in [1.807, 2.05) is 11.8 Å². The molecule has 1 aromatic rings. The molecule has 112 valence electrons. The fourth-order valence-corrected chi connectivity index (χ4v) is 1.90. The minimum Gasteiger partial charge on any atom is -0.497 e. The quantitative estimate of drug-likeness (QED) is 0.617. The molecule has 1 aromatic carbocycles. The van der Waals surface area contributed by atoms with E-state index in [9.17, 15) is 4.79 Å². The maximum absolute atomic E-state index is 12.0. The lowest BCUT2D eigenvalue weighted by Gasteiger charge is -2.20. The lowest BCUT2D eigenvalue weighted by molar-refractivity contribution is -0.117. The van der Waals surface area contributed by atoms with E-state index in [1.54, 1.807) is 25.3 Å². The summed E-state index contributed by atoms with van der Waals surface area (Å²) in [6, 6.07) is 5.11. The summed E-state index contributed by atoms with van der Waals surface area (Å²) >= 11 is 0. The highest BCUT2D eigenvalue weighted by Gasteiger charge is 2.11. The Bertz CT molecular complexity index is 432. The van der Waals surface area contributed by atoms with Gasteiger partial charge in [0, 0.05) is 12.6 Å². The third kappa shape index (κ3) is 5.07. The van der Waals surface area contributed by atoms with Crippen molar-refractivity contribution in [2.24, 2.45) is 0 Å². The molecule has 6 heteroatoms. The van der Waals surface area contributed by atoms with E-state index in [-0.39, 0.29) is 19.1 Å². The van der Waals surface area contributed by atoms with Gasteiger partial charge in [0.1, 0.15) is 5.75 Å². The van der Waals surface area contributed by atoms with Crippen LogP contribution in [-0.4, -0.2) is 49.3 Å². The van der Waals surface area contributed by atoms with Crippen LogP contribution in [0.4, 0.5) is 11.4 Å². The van der Waals surface area contributed by atoms with Crippen molar-refractivity contribution in [3.63, 3.8) is 0 Å². The van der Waals surface area contributed by atoms with Gasteiger partial charge in [-0.3, -0.25) is 9.69 Å². The molecule has 0 aliphatic heterocycles. The second kappa shape index (κ2) is 8.39. The van der Waals surface area contributed by atoms with Crippen LogP contribution in [0, 0.1) is 0 Å². The highest BCUT2D eigenvalue weighted by atomic mass is 16.5. The van der Waals surface area contributed by atoms with Crippen molar-refractivity contribution < 1.29 is 14.6 Å². The van der Waals surface area contributed by atoms with Crippen molar-refractivity contribution in [3.8, 4) is 5.75 Å². The van der Waals surface area contributed by atoms with Crippen LogP contribution >= 0.6 is 0 Å². The number of nitrogens with one attached hydrogen (secondary N) is 1. The summed E-state index contributed by atoms with van der Waals surface area (Å²) in [4.78, 5) is 13.9. The van der Waals surface area contributed by atoms with Crippen LogP contribution in [0.25, 0.3) is 0 Å². The zero-order valence-corrected chi connectivity index (χ0v) is 12.1. The Morgan fingerprint density at radius 3 is 2.75 bits per heavy atom. The van der Waals surface area contributed by atoms with E-state index in [1.165, 1.54) is 0 Å². The number of amides is 1. The Hall–Kier alpha value is -1.79. The summed E-state index contributed by atoms with van der Waals surface area (Å²) in [6.07, 6.45) is 0.929. The molecule has 0 atom stereocenters. The number of anilines is 2. The molecule has 0 saturated carbocycles. The number of nitrogens with two attached hydrogens (primary N) is 1. The molecule has 1 rings (SSSR count). The van der Waals surface area contributed by atoms with E-state index in [4.69, 9.17) is 15.6 Å². The highest BCUT2D eigenvalue weighted by Crippen LogP contribution is 2.23. The number of rotatable bonds is 8. The molecule has 0 bridgehead atoms. The molecule has 0 aliphatic rings. The predicted octanol–water partition coefficient (Wildman–Crippen LogP) is 0.920. The molecule has 1 amide bonds. The molecule has 0 saturated heterocycles. The number of hydrogen-bond donors (Lipinski definition) is 3. The van der Waals surface area contributed by atoms with Gasteiger partial charge in [-0.05, 0) is 25.1 Å². The van der Waals surface area contributed by atoms with Crippen LogP contribution in [0.3, 0.4) is 0 Å². The van der Waals surface area contributed by atoms with Crippen LogP contribution in [0.1, 0.15) is 13.3 Å². The maximum Gasteiger partial charge on any atom is 0.238 e. The first kappa shape index (κ1) is 16.3. The van der Waals surface area contributed by atoms with E-state index in [0.717, 1.165) is 13.0 Å². The van der Waals surface area contributed by atoms with Gasteiger partial charge in [0.2, 0.25) is 5.91 Å². The van der Waals surface area contributed by atoms with Crippen LogP contribution in [0.15, 0.2) is 18.2 Å². The molecule has 0 radical (unpaired) electrons. The molecule has 0 aliphatic carbocycles. The van der Waals surface area contributed by atoms with Crippen molar-refractivity contribution in [1.29, 1.82) is 0 Å². The Morgan fingerprint density at radius 1 is 1.45 bits per heavy atom. The molecule has 20 heavy (non-hydrogen) atoms. The lowest BCUT2D eigenvalue weighted by Crippen LogP contribution is -2.35. The number of benzene rings is 1. The average Bonchev–Trinajstić information content (AvgIpc) is 2.41. The molecule has 6 nitrogen and oxygen atoms in total. The second-order valence-corrected chi connectivity index (χ2v) is 4.50. The molecule has 0 aromatic heterocycles. The van der Waals surface area contributed by atoms with Gasteiger partial charge in [-0.1, -0.05) is 6.92 Å². The number of carbonyl (C=O) groups is 1. The summed E-state index contributed by atoms with van der Waals surface area (Å²) in [5.41, 5.74) is 6.87. The normalized spacial score (nSPS) is 10.6. The Labute approximate surface area is 119 Å². The van der Waals surface area contributed by atoms with E-state index in [0.29, 0.717) is 23.7 Å². The Morgan fingerprint density at radius 2 is 2.20 bits per heavy atom. The van der Waals surface area contributed by atoms with Gasteiger partial charge in [0.25, 0.3) is 0 Å². The van der Waals surface area contributed by atoms with Crippen LogP contribution in [0.2, 0.25) is 0 Å². The van der Waals surface area contributed by atoms with Crippen molar-refractivity contribution in [3.05, 3.63) is 18.2 Å². The predicted molar refractivity (Wildman–Crippen MR) is 79.9 cm³/mol. The molecule has 0 fully saturated rings. The first-order valence-corrected chi connectivity index (χ1v) is 6.67. The second-order valence-electron chi connectivity index (χ2n) is 4.50. The van der Waals surface area contributed by atoms with Crippen LogP contribution < -0.4 is 15.8 Å². The minimum atomic E-state index is -0.149. The van der Waals surface area contributed by atoms with E-state index >= 15 is 0 Å². The van der Waals surface area contributed by atoms with Crippen molar-refractivity contribution >= 4 is 17.3 Å². The van der Waals surface area contributed by atoms with Crippen molar-refractivity contribution in [2.75, 3.05) is 44.4 Å². The van der Waals surface area contributed by atoms with Gasteiger partial charge in [-0.15, -0.1) is 0 Å². The first-order chi connectivity index (χ1) is 9.60. The summed E-state index contributed by atoms with van der Waals surface area (Å²) in [6.45, 7) is 3.56. The van der Waals surface area contributed by atoms with Gasteiger partial charge in [-0.25, -0.2) is 0 Å². The number of methoxy groups -OCH3 is 1. The van der Waals surface area contributed by atoms with Crippen LogP contribution in [0.5, 0.6) is 5.75 Å². The summed E-state index contributed by atoms with van der Waals surface area (Å²) in [5, 5.41) is 11.7. The summed E-state index contributed by atoms with van der Waals surface area (Å²) in [5.74, 6) is 0.497. The zero-order valence-electron chi connectivity index (χ0n) is 12.1. The molecule has 0 unspecified atom stereocenters. The molecule has 4 N–H and O–H groups in total. The van der Waals surface area contributed by atoms with Gasteiger partial charge >= 0.3 is 0 Å². The minimum absolute atomic E-state index is 0.0396. The third-order valence-electron chi connectivity index (χ3n) is 2.86. The van der Waals surface area contributed by atoms with Gasteiger partial charge < -0.3 is 20.9 Å². The fourth-order valence-electron chi connectivity index (χ4n) is 1.90. The molecule has 0 spiro atoms. The van der Waals surface area contributed by atoms with Gasteiger partial charge in [0.05, 0.1) is 31.6 Å². The number of nitrogens with zero attached hydrogens (tertiary/aromatic N) is 1. The third-order valence-corrected chi connectivity index (χ3v) is 2.86. The first-order valence-electron chi connectivity index (χ1n) is 6.67. The van der Waals surface area contributed by atoms with Crippen molar-refractivity contribution in [2.45, 2.75) is 13.3 Å². The monoisotopic (exact) mass is 281 g/mol. The van der Waals surface area contributed by atoms with E-state index in [2.05, 4.69) is 5.32 Å². The number of aliphatic hydroxyl groups excluding tert-OH is 1.